The molecule has 0 aromatic rings. The molecule has 2 aliphatic rings. The van der Waals surface area contributed by atoms with Gasteiger partial charge in [-0.3, -0.25) is 4.90 Å². The second-order valence-electron chi connectivity index (χ2n) is 7.22. The normalized spacial score (nSPS) is 37.5. The van der Waals surface area contributed by atoms with E-state index in [1.165, 1.54) is 32.5 Å². The van der Waals surface area contributed by atoms with Gasteiger partial charge in [-0.05, 0) is 72.6 Å². The number of piperidine rings is 1. The van der Waals surface area contributed by atoms with E-state index in [1.807, 2.05) is 0 Å². The third-order valence-corrected chi connectivity index (χ3v) is 5.36. The summed E-state index contributed by atoms with van der Waals surface area (Å²) >= 11 is 0. The van der Waals surface area contributed by atoms with Crippen molar-refractivity contribution in [3.63, 3.8) is 0 Å². The van der Waals surface area contributed by atoms with Gasteiger partial charge in [0.2, 0.25) is 0 Å². The molecule has 2 fully saturated rings. The number of ether oxygens (including phenoxy) is 1. The zero-order valence-electron chi connectivity index (χ0n) is 13.8. The Morgan fingerprint density at radius 2 is 1.75 bits per heavy atom. The summed E-state index contributed by atoms with van der Waals surface area (Å²) in [6.07, 6.45) is 5.42. The number of nitrogens with zero attached hydrogens (tertiary/aromatic N) is 2. The van der Waals surface area contributed by atoms with Crippen LogP contribution in [0.25, 0.3) is 0 Å². The molecule has 4 nitrogen and oxygen atoms in total. The van der Waals surface area contributed by atoms with E-state index in [9.17, 15) is 0 Å². The lowest BCUT2D eigenvalue weighted by Gasteiger charge is -2.49. The monoisotopic (exact) mass is 283 g/mol. The Balaban J connectivity index is 1.96. The van der Waals surface area contributed by atoms with Crippen LogP contribution in [0.4, 0.5) is 0 Å². The van der Waals surface area contributed by atoms with Gasteiger partial charge in [-0.25, -0.2) is 0 Å². The van der Waals surface area contributed by atoms with Crippen molar-refractivity contribution in [3.8, 4) is 0 Å². The number of likely N-dealkylation sites (N-methyl/N-ethyl adjacent to an activating group) is 1. The lowest BCUT2D eigenvalue weighted by molar-refractivity contribution is -0.101. The van der Waals surface area contributed by atoms with E-state index in [-0.39, 0.29) is 5.54 Å². The molecule has 2 unspecified atom stereocenters. The molecule has 0 aliphatic carbocycles. The van der Waals surface area contributed by atoms with Gasteiger partial charge in [0.05, 0.1) is 12.2 Å². The highest BCUT2D eigenvalue weighted by atomic mass is 16.5. The van der Waals surface area contributed by atoms with Crippen molar-refractivity contribution >= 4 is 0 Å². The van der Waals surface area contributed by atoms with Crippen molar-refractivity contribution < 1.29 is 4.74 Å². The van der Waals surface area contributed by atoms with Gasteiger partial charge >= 0.3 is 0 Å². The maximum Gasteiger partial charge on any atom is 0.0568 e. The van der Waals surface area contributed by atoms with Gasteiger partial charge in [-0.1, -0.05) is 0 Å². The molecule has 2 atom stereocenters. The number of likely N-dealkylation sites (tertiary alicyclic amines) is 1. The molecule has 2 heterocycles. The Morgan fingerprint density at radius 1 is 1.20 bits per heavy atom. The fourth-order valence-corrected chi connectivity index (χ4v) is 4.11. The first-order chi connectivity index (χ1) is 9.45. The fourth-order valence-electron chi connectivity index (χ4n) is 4.11. The zero-order chi connectivity index (χ0) is 14.8. The van der Waals surface area contributed by atoms with E-state index in [4.69, 9.17) is 10.5 Å². The molecule has 2 aliphatic heterocycles. The average Bonchev–Trinajstić information content (AvgIpc) is 2.40. The minimum atomic E-state index is 0.139. The predicted octanol–water partition coefficient (Wildman–Crippen LogP) is 1.54. The molecule has 0 radical (unpaired) electrons. The van der Waals surface area contributed by atoms with Crippen molar-refractivity contribution in [1.29, 1.82) is 0 Å². The fraction of sp³-hybridized carbons (Fsp3) is 1.00. The Labute approximate surface area is 124 Å². The predicted molar refractivity (Wildman–Crippen MR) is 83.9 cm³/mol. The van der Waals surface area contributed by atoms with Crippen molar-refractivity contribution in [1.82, 2.24) is 9.80 Å². The molecule has 0 spiro atoms. The van der Waals surface area contributed by atoms with Crippen LogP contribution in [0.5, 0.6) is 0 Å². The molecule has 0 saturated carbocycles. The maximum atomic E-state index is 6.19. The zero-order valence-corrected chi connectivity index (χ0v) is 13.8. The van der Waals surface area contributed by atoms with Gasteiger partial charge in [0.15, 0.2) is 0 Å². The SMILES string of the molecule is CC1CC(CN)(N(C)CC2CCN(C)CC2)CC(C)O1. The van der Waals surface area contributed by atoms with Crippen molar-refractivity contribution in [3.05, 3.63) is 0 Å². The highest BCUT2D eigenvalue weighted by Gasteiger charge is 2.41. The van der Waals surface area contributed by atoms with Crippen LogP contribution in [0.3, 0.4) is 0 Å². The van der Waals surface area contributed by atoms with Crippen LogP contribution >= 0.6 is 0 Å². The Bertz CT molecular complexity index is 292. The Morgan fingerprint density at radius 3 is 2.25 bits per heavy atom. The topological polar surface area (TPSA) is 41.7 Å². The Hall–Kier alpha value is -0.160. The average molecular weight is 283 g/mol. The van der Waals surface area contributed by atoms with Crippen LogP contribution in [0, 0.1) is 5.92 Å². The lowest BCUT2D eigenvalue weighted by Crippen LogP contribution is -2.59. The molecule has 118 valence electrons. The summed E-state index contributed by atoms with van der Waals surface area (Å²) in [5, 5.41) is 0. The van der Waals surface area contributed by atoms with Gasteiger partial charge in [0, 0.05) is 18.6 Å². The smallest absolute Gasteiger partial charge is 0.0568 e. The Kier molecular flexibility index (Phi) is 5.46. The first-order valence-corrected chi connectivity index (χ1v) is 8.20. The van der Waals surface area contributed by atoms with E-state index in [2.05, 4.69) is 37.7 Å². The molecular formula is C16H33N3O. The molecule has 0 aromatic carbocycles. The van der Waals surface area contributed by atoms with Crippen molar-refractivity contribution in [2.45, 2.75) is 57.3 Å². The highest BCUT2D eigenvalue weighted by molar-refractivity contribution is 4.97. The lowest BCUT2D eigenvalue weighted by atomic mass is 9.81. The first-order valence-electron chi connectivity index (χ1n) is 8.20. The summed E-state index contributed by atoms with van der Waals surface area (Å²) < 4.78 is 5.91. The summed E-state index contributed by atoms with van der Waals surface area (Å²) in [5.41, 5.74) is 6.32. The van der Waals surface area contributed by atoms with E-state index >= 15 is 0 Å². The van der Waals surface area contributed by atoms with Crippen molar-refractivity contribution in [2.75, 3.05) is 40.3 Å². The van der Waals surface area contributed by atoms with E-state index in [0.717, 1.165) is 25.3 Å². The standard InChI is InChI=1S/C16H33N3O/c1-13-9-16(12-17,10-14(2)20-13)19(4)11-15-5-7-18(3)8-6-15/h13-15H,5-12,17H2,1-4H3. The summed E-state index contributed by atoms with van der Waals surface area (Å²) in [7, 11) is 4.50. The molecule has 20 heavy (non-hydrogen) atoms. The first kappa shape index (κ1) is 16.2. The number of nitrogens with two attached hydrogens (primary N) is 1. The molecule has 0 aromatic heterocycles. The van der Waals surface area contributed by atoms with Crippen LogP contribution in [-0.4, -0.2) is 67.8 Å². The van der Waals surface area contributed by atoms with Crippen LogP contribution < -0.4 is 5.73 Å². The molecule has 0 amide bonds. The van der Waals surface area contributed by atoms with Crippen LogP contribution in [0.15, 0.2) is 0 Å². The van der Waals surface area contributed by atoms with Gasteiger partial charge in [0.25, 0.3) is 0 Å². The van der Waals surface area contributed by atoms with Gasteiger partial charge in [-0.2, -0.15) is 0 Å². The van der Waals surface area contributed by atoms with Crippen molar-refractivity contribution in [2.24, 2.45) is 11.7 Å². The maximum absolute atomic E-state index is 6.19. The van der Waals surface area contributed by atoms with E-state index in [1.54, 1.807) is 0 Å². The molecule has 0 bridgehead atoms. The summed E-state index contributed by atoms with van der Waals surface area (Å²) in [4.78, 5) is 4.99. The third-order valence-electron chi connectivity index (χ3n) is 5.36. The molecule has 4 heteroatoms. The van der Waals surface area contributed by atoms with Gasteiger partial charge < -0.3 is 15.4 Å². The molecular weight excluding hydrogens is 250 g/mol. The number of rotatable bonds is 4. The minimum absolute atomic E-state index is 0.139. The van der Waals surface area contributed by atoms with Crippen LogP contribution in [0.2, 0.25) is 0 Å². The van der Waals surface area contributed by atoms with Gasteiger partial charge in [0.1, 0.15) is 0 Å². The largest absolute Gasteiger partial charge is 0.375 e. The molecule has 2 rings (SSSR count). The van der Waals surface area contributed by atoms with Crippen LogP contribution in [-0.2, 0) is 4.74 Å². The molecule has 2 N–H and O–H groups in total. The highest BCUT2D eigenvalue weighted by Crippen LogP contribution is 2.34. The number of hydrogen-bond acceptors (Lipinski definition) is 4. The molecule has 2 saturated heterocycles. The van der Waals surface area contributed by atoms with Crippen LogP contribution in [0.1, 0.15) is 39.5 Å². The minimum Gasteiger partial charge on any atom is -0.375 e. The summed E-state index contributed by atoms with van der Waals surface area (Å²) in [6, 6.07) is 0. The number of hydrogen-bond donors (Lipinski definition) is 1. The van der Waals surface area contributed by atoms with E-state index in [0.29, 0.717) is 12.2 Å². The second kappa shape index (κ2) is 6.73. The van der Waals surface area contributed by atoms with Gasteiger partial charge in [-0.15, -0.1) is 0 Å². The third kappa shape index (κ3) is 3.73. The summed E-state index contributed by atoms with van der Waals surface area (Å²) in [6.45, 7) is 8.78. The quantitative estimate of drug-likeness (QED) is 0.850. The summed E-state index contributed by atoms with van der Waals surface area (Å²) in [5.74, 6) is 0.827. The van der Waals surface area contributed by atoms with E-state index < -0.39 is 0 Å². The second-order valence-corrected chi connectivity index (χ2v) is 7.22.